The second kappa shape index (κ2) is 7.13. The molecule has 1 fully saturated rings. The molecule has 7 nitrogen and oxygen atoms in total. The minimum atomic E-state index is -1.95. The normalized spacial score (nSPS) is 22.8. The van der Waals surface area contributed by atoms with Crippen LogP contribution in [-0.2, 0) is 4.43 Å². The molecule has 8 heteroatoms. The van der Waals surface area contributed by atoms with Crippen LogP contribution in [0.3, 0.4) is 0 Å². The van der Waals surface area contributed by atoms with Crippen molar-refractivity contribution in [3.05, 3.63) is 47.2 Å². The van der Waals surface area contributed by atoms with E-state index in [-0.39, 0.29) is 34.9 Å². The van der Waals surface area contributed by atoms with Gasteiger partial charge >= 0.3 is 0 Å². The van der Waals surface area contributed by atoms with Gasteiger partial charge in [0.15, 0.2) is 8.32 Å². The lowest BCUT2D eigenvalue weighted by atomic mass is 9.79. The Labute approximate surface area is 177 Å². The predicted molar refractivity (Wildman–Crippen MR) is 114 cm³/mol. The summed E-state index contributed by atoms with van der Waals surface area (Å²) in [5, 5.41) is 8.52. The van der Waals surface area contributed by atoms with Gasteiger partial charge in [-0.1, -0.05) is 32.9 Å². The van der Waals surface area contributed by atoms with Crippen LogP contribution in [-0.4, -0.2) is 41.3 Å². The molecular weight excluding hydrogens is 398 g/mol. The predicted octanol–water partition coefficient (Wildman–Crippen LogP) is 4.69. The lowest BCUT2D eigenvalue weighted by Crippen LogP contribution is -2.46. The average Bonchev–Trinajstić information content (AvgIpc) is 3.19. The second-order valence-corrected chi connectivity index (χ2v) is 14.6. The molecule has 1 saturated carbocycles. The number of nitrogens with zero attached hydrogens (tertiary/aromatic N) is 3. The zero-order valence-electron chi connectivity index (χ0n) is 18.4. The largest absolute Gasteiger partial charge is 0.422 e. The van der Waals surface area contributed by atoms with E-state index in [2.05, 4.69) is 44.1 Å². The van der Waals surface area contributed by atoms with E-state index in [1.165, 1.54) is 4.90 Å². The number of carbonyl (C=O) groups is 2. The maximum atomic E-state index is 12.6. The third-order valence-electron chi connectivity index (χ3n) is 6.73. The van der Waals surface area contributed by atoms with E-state index in [1.54, 1.807) is 24.3 Å². The van der Waals surface area contributed by atoms with E-state index in [4.69, 9.17) is 8.84 Å². The van der Waals surface area contributed by atoms with Crippen molar-refractivity contribution in [1.29, 1.82) is 0 Å². The molecule has 0 bridgehead atoms. The summed E-state index contributed by atoms with van der Waals surface area (Å²) in [6.45, 7) is 12.9. The lowest BCUT2D eigenvalue weighted by molar-refractivity contribution is 0.0459. The number of benzene rings is 1. The quantitative estimate of drug-likeness (QED) is 0.508. The Balaban J connectivity index is 1.39. The Morgan fingerprint density at radius 2 is 1.67 bits per heavy atom. The molecule has 0 N–H and O–H groups in total. The highest BCUT2D eigenvalue weighted by molar-refractivity contribution is 6.74. The molecule has 4 rings (SSSR count). The third-order valence-corrected chi connectivity index (χ3v) is 11.3. The summed E-state index contributed by atoms with van der Waals surface area (Å²) in [5.74, 6) is 0.687. The zero-order chi connectivity index (χ0) is 21.8. The van der Waals surface area contributed by atoms with E-state index in [0.717, 1.165) is 0 Å². The van der Waals surface area contributed by atoms with E-state index in [0.29, 0.717) is 35.7 Å². The molecule has 160 valence electrons. The van der Waals surface area contributed by atoms with Crippen molar-refractivity contribution in [2.45, 2.75) is 76.7 Å². The number of hydrogen-bond donors (Lipinski definition) is 0. The van der Waals surface area contributed by atoms with Crippen LogP contribution in [0.1, 0.15) is 85.1 Å². The SMILES string of the molecule is CC(O[Si](C)(C)C(C)(C)C)c1nnc(C2CC(N3C(=O)c4ccccc4C3=O)C2)o1. The number of fused-ring (bicyclic) bond motifs is 1. The van der Waals surface area contributed by atoms with Crippen LogP contribution in [0.4, 0.5) is 0 Å². The second-order valence-electron chi connectivity index (χ2n) is 9.85. The first-order chi connectivity index (χ1) is 14.0. The maximum absolute atomic E-state index is 12.6. The minimum Gasteiger partial charge on any atom is -0.422 e. The van der Waals surface area contributed by atoms with Crippen LogP contribution in [0, 0.1) is 0 Å². The van der Waals surface area contributed by atoms with Crippen molar-refractivity contribution in [3.8, 4) is 0 Å². The first-order valence-electron chi connectivity index (χ1n) is 10.5. The van der Waals surface area contributed by atoms with Crippen LogP contribution >= 0.6 is 0 Å². The molecule has 1 aliphatic carbocycles. The van der Waals surface area contributed by atoms with E-state index in [1.807, 2.05) is 6.92 Å². The van der Waals surface area contributed by atoms with Gasteiger partial charge in [-0.15, -0.1) is 10.2 Å². The molecule has 2 aromatic rings. The molecule has 1 atom stereocenters. The van der Waals surface area contributed by atoms with Crippen molar-refractivity contribution in [3.63, 3.8) is 0 Å². The molecule has 1 unspecified atom stereocenters. The zero-order valence-corrected chi connectivity index (χ0v) is 19.4. The van der Waals surface area contributed by atoms with Crippen LogP contribution in [0.15, 0.2) is 28.7 Å². The first kappa shape index (κ1) is 20.9. The van der Waals surface area contributed by atoms with Crippen molar-refractivity contribution in [2.75, 3.05) is 0 Å². The van der Waals surface area contributed by atoms with Crippen LogP contribution in [0.2, 0.25) is 18.1 Å². The van der Waals surface area contributed by atoms with Gasteiger partial charge in [-0.25, -0.2) is 0 Å². The number of carbonyl (C=O) groups excluding carboxylic acids is 2. The van der Waals surface area contributed by atoms with Gasteiger partial charge < -0.3 is 8.84 Å². The first-order valence-corrected chi connectivity index (χ1v) is 13.4. The Morgan fingerprint density at radius 3 is 2.20 bits per heavy atom. The van der Waals surface area contributed by atoms with Crippen molar-refractivity contribution in [1.82, 2.24) is 15.1 Å². The summed E-state index contributed by atoms with van der Waals surface area (Å²) >= 11 is 0. The summed E-state index contributed by atoms with van der Waals surface area (Å²) < 4.78 is 12.3. The highest BCUT2D eigenvalue weighted by Crippen LogP contribution is 2.43. The molecule has 2 amide bonds. The van der Waals surface area contributed by atoms with Crippen molar-refractivity contribution < 1.29 is 18.4 Å². The number of imide groups is 1. The third kappa shape index (κ3) is 3.41. The van der Waals surface area contributed by atoms with Gasteiger partial charge in [0, 0.05) is 12.0 Å². The van der Waals surface area contributed by atoms with Crippen LogP contribution in [0.25, 0.3) is 0 Å². The molecular formula is C22H29N3O4Si. The topological polar surface area (TPSA) is 85.5 Å². The molecule has 2 aliphatic rings. The van der Waals surface area contributed by atoms with Gasteiger partial charge in [-0.2, -0.15) is 0 Å². The fraction of sp³-hybridized carbons (Fsp3) is 0.545. The smallest absolute Gasteiger partial charge is 0.261 e. The van der Waals surface area contributed by atoms with Gasteiger partial charge in [0.05, 0.1) is 11.1 Å². The number of aromatic nitrogens is 2. The maximum Gasteiger partial charge on any atom is 0.261 e. The summed E-state index contributed by atoms with van der Waals surface area (Å²) in [6, 6.07) is 6.85. The number of amides is 2. The lowest BCUT2D eigenvalue weighted by Gasteiger charge is -2.38. The molecule has 0 spiro atoms. The number of hydrogen-bond acceptors (Lipinski definition) is 6. The van der Waals surface area contributed by atoms with Gasteiger partial charge in [0.25, 0.3) is 11.8 Å². The van der Waals surface area contributed by atoms with Gasteiger partial charge in [0.2, 0.25) is 11.8 Å². The summed E-state index contributed by atoms with van der Waals surface area (Å²) in [5.41, 5.74) is 0.977. The summed E-state index contributed by atoms with van der Waals surface area (Å²) in [4.78, 5) is 26.7. The van der Waals surface area contributed by atoms with E-state index in [9.17, 15) is 9.59 Å². The molecule has 1 aromatic heterocycles. The Hall–Kier alpha value is -2.32. The van der Waals surface area contributed by atoms with Gasteiger partial charge in [0.1, 0.15) is 6.10 Å². The molecule has 0 radical (unpaired) electrons. The number of rotatable bonds is 5. The summed E-state index contributed by atoms with van der Waals surface area (Å²) in [6.07, 6.45) is 1.02. The minimum absolute atomic E-state index is 0.0561. The Bertz CT molecular complexity index is 953. The molecule has 30 heavy (non-hydrogen) atoms. The molecule has 1 aromatic carbocycles. The standard InChI is InChI=1S/C22H29N3O4Si/c1-13(29-30(5,6)22(2,3)4)18-23-24-19(28-18)14-11-15(12-14)25-20(26)16-9-7-8-10-17(16)21(25)27/h7-10,13-15H,11-12H2,1-6H3. The highest BCUT2D eigenvalue weighted by atomic mass is 28.4. The van der Waals surface area contributed by atoms with Crippen molar-refractivity contribution >= 4 is 20.1 Å². The molecule has 0 saturated heterocycles. The van der Waals surface area contributed by atoms with Gasteiger partial charge in [-0.05, 0) is 50.0 Å². The summed E-state index contributed by atoms with van der Waals surface area (Å²) in [7, 11) is -1.95. The van der Waals surface area contributed by atoms with Crippen molar-refractivity contribution in [2.24, 2.45) is 0 Å². The van der Waals surface area contributed by atoms with E-state index >= 15 is 0 Å². The van der Waals surface area contributed by atoms with Crippen LogP contribution < -0.4 is 0 Å². The Kier molecular flexibility index (Phi) is 4.97. The highest BCUT2D eigenvalue weighted by Gasteiger charge is 2.47. The fourth-order valence-corrected chi connectivity index (χ4v) is 5.12. The fourth-order valence-electron chi connectivity index (χ4n) is 3.78. The molecule has 1 aliphatic heterocycles. The van der Waals surface area contributed by atoms with E-state index < -0.39 is 8.32 Å². The average molecular weight is 428 g/mol. The Morgan fingerprint density at radius 1 is 1.10 bits per heavy atom. The molecule has 2 heterocycles. The van der Waals surface area contributed by atoms with Gasteiger partial charge in [-0.3, -0.25) is 14.5 Å². The monoisotopic (exact) mass is 427 g/mol. The van der Waals surface area contributed by atoms with Crippen LogP contribution in [0.5, 0.6) is 0 Å².